The smallest absolute Gasteiger partial charge is 0.318 e. The van der Waals surface area contributed by atoms with Crippen molar-refractivity contribution in [2.24, 2.45) is 23.5 Å². The summed E-state index contributed by atoms with van der Waals surface area (Å²) < 4.78 is 5.09. The zero-order valence-corrected chi connectivity index (χ0v) is 10.3. The highest BCUT2D eigenvalue weighted by atomic mass is 16.5. The second-order valence-corrected chi connectivity index (χ2v) is 5.21. The number of fused-ring (bicyclic) bond motifs is 2. The molecule has 0 spiro atoms. The maximum atomic E-state index is 11.9. The number of primary amides is 1. The van der Waals surface area contributed by atoms with Crippen LogP contribution < -0.4 is 11.1 Å². The van der Waals surface area contributed by atoms with Crippen LogP contribution in [0.5, 0.6) is 0 Å². The van der Waals surface area contributed by atoms with Gasteiger partial charge in [0.2, 0.25) is 0 Å². The summed E-state index contributed by atoms with van der Waals surface area (Å²) in [6.07, 6.45) is 3.26. The molecule has 2 saturated carbocycles. The number of ether oxygens (including phenoxy) is 1. The Bertz CT molecular complexity index is 382. The van der Waals surface area contributed by atoms with E-state index in [0.717, 1.165) is 19.3 Å². The zero-order chi connectivity index (χ0) is 13.3. The maximum absolute atomic E-state index is 11.9. The summed E-state index contributed by atoms with van der Waals surface area (Å²) in [6, 6.07) is -0.942. The first-order valence-electron chi connectivity index (χ1n) is 6.28. The first-order valence-corrected chi connectivity index (χ1v) is 6.28. The Kier molecular flexibility index (Phi) is 3.54. The molecule has 0 saturated heterocycles. The molecular formula is C12H18N2O4. The summed E-state index contributed by atoms with van der Waals surface area (Å²) in [5.41, 5.74) is 4.82. The zero-order valence-electron chi connectivity index (χ0n) is 10.3. The molecule has 6 heteroatoms. The second kappa shape index (κ2) is 4.96. The summed E-state index contributed by atoms with van der Waals surface area (Å²) in [4.78, 5) is 33.8. The molecule has 0 aromatic heterocycles. The first kappa shape index (κ1) is 12.9. The van der Waals surface area contributed by atoms with Crippen LogP contribution in [-0.4, -0.2) is 24.0 Å². The molecule has 3 N–H and O–H groups in total. The number of carbonyl (C=O) groups is 3. The Morgan fingerprint density at radius 3 is 2.50 bits per heavy atom. The quantitative estimate of drug-likeness (QED) is 0.718. The van der Waals surface area contributed by atoms with Gasteiger partial charge in [0.25, 0.3) is 5.91 Å². The number of esters is 1. The maximum Gasteiger partial charge on any atom is 0.318 e. The van der Waals surface area contributed by atoms with Gasteiger partial charge in [-0.1, -0.05) is 6.42 Å². The van der Waals surface area contributed by atoms with Crippen LogP contribution in [0.15, 0.2) is 0 Å². The Morgan fingerprint density at radius 2 is 2.00 bits per heavy atom. The minimum atomic E-state index is -0.982. The molecule has 100 valence electrons. The van der Waals surface area contributed by atoms with Gasteiger partial charge in [-0.2, -0.15) is 0 Å². The molecule has 2 aliphatic rings. The van der Waals surface area contributed by atoms with Crippen molar-refractivity contribution in [2.75, 3.05) is 0 Å². The largest absolute Gasteiger partial charge is 0.452 e. The van der Waals surface area contributed by atoms with E-state index in [2.05, 4.69) is 0 Å². The Balaban J connectivity index is 1.84. The van der Waals surface area contributed by atoms with E-state index in [1.807, 2.05) is 5.32 Å². The van der Waals surface area contributed by atoms with Crippen molar-refractivity contribution in [2.45, 2.75) is 38.7 Å². The number of imide groups is 1. The van der Waals surface area contributed by atoms with Gasteiger partial charge in [0.1, 0.15) is 0 Å². The minimum absolute atomic E-state index is 0.0763. The fourth-order valence-electron chi connectivity index (χ4n) is 3.07. The molecule has 0 aromatic carbocycles. The third-order valence-electron chi connectivity index (χ3n) is 3.95. The van der Waals surface area contributed by atoms with E-state index in [4.69, 9.17) is 10.5 Å². The lowest BCUT2D eigenvalue weighted by Crippen LogP contribution is -2.43. The van der Waals surface area contributed by atoms with Crippen LogP contribution in [0.3, 0.4) is 0 Å². The third kappa shape index (κ3) is 2.63. The lowest BCUT2D eigenvalue weighted by Gasteiger charge is -2.21. The predicted octanol–water partition coefficient (Wildman–Crippen LogP) is 0.549. The predicted molar refractivity (Wildman–Crippen MR) is 62.2 cm³/mol. The van der Waals surface area contributed by atoms with Crippen molar-refractivity contribution in [1.82, 2.24) is 5.32 Å². The van der Waals surface area contributed by atoms with Gasteiger partial charge >= 0.3 is 12.0 Å². The van der Waals surface area contributed by atoms with Crippen LogP contribution in [0.4, 0.5) is 4.79 Å². The molecule has 6 nitrogen and oxygen atoms in total. The van der Waals surface area contributed by atoms with E-state index in [1.165, 1.54) is 13.3 Å². The van der Waals surface area contributed by atoms with Crippen LogP contribution >= 0.6 is 0 Å². The summed E-state index contributed by atoms with van der Waals surface area (Å²) in [5, 5.41) is 1.90. The van der Waals surface area contributed by atoms with Crippen molar-refractivity contribution < 1.29 is 19.1 Å². The molecule has 0 aliphatic heterocycles. The van der Waals surface area contributed by atoms with Crippen LogP contribution in [0.2, 0.25) is 0 Å². The van der Waals surface area contributed by atoms with Gasteiger partial charge < -0.3 is 10.5 Å². The number of amides is 3. The number of hydrogen-bond acceptors (Lipinski definition) is 4. The van der Waals surface area contributed by atoms with E-state index < -0.39 is 18.0 Å². The van der Waals surface area contributed by atoms with E-state index in [0.29, 0.717) is 11.8 Å². The summed E-state index contributed by atoms with van der Waals surface area (Å²) in [7, 11) is 0. The fourth-order valence-corrected chi connectivity index (χ4v) is 3.07. The van der Waals surface area contributed by atoms with Gasteiger partial charge in [0.05, 0.1) is 5.92 Å². The summed E-state index contributed by atoms with van der Waals surface area (Å²) in [6.45, 7) is 1.43. The molecule has 0 aromatic rings. The number of carbonyl (C=O) groups excluding carboxylic acids is 3. The third-order valence-corrected chi connectivity index (χ3v) is 3.95. The van der Waals surface area contributed by atoms with Gasteiger partial charge in [0, 0.05) is 0 Å². The Hall–Kier alpha value is -1.59. The van der Waals surface area contributed by atoms with Gasteiger partial charge in [0.15, 0.2) is 6.10 Å². The number of hydrogen-bond donors (Lipinski definition) is 2. The Labute approximate surface area is 105 Å². The van der Waals surface area contributed by atoms with E-state index in [-0.39, 0.29) is 11.9 Å². The van der Waals surface area contributed by atoms with Crippen molar-refractivity contribution >= 4 is 17.9 Å². The van der Waals surface area contributed by atoms with Gasteiger partial charge in [-0.25, -0.2) is 4.79 Å². The molecular weight excluding hydrogens is 236 g/mol. The van der Waals surface area contributed by atoms with Crippen molar-refractivity contribution in [3.8, 4) is 0 Å². The monoisotopic (exact) mass is 254 g/mol. The molecule has 2 rings (SSSR count). The summed E-state index contributed by atoms with van der Waals surface area (Å²) in [5.74, 6) is -0.0305. The van der Waals surface area contributed by atoms with Gasteiger partial charge in [-0.3, -0.25) is 14.9 Å². The van der Waals surface area contributed by atoms with Gasteiger partial charge in [-0.05, 0) is 38.0 Å². The Morgan fingerprint density at radius 1 is 1.28 bits per heavy atom. The van der Waals surface area contributed by atoms with Crippen molar-refractivity contribution in [3.63, 3.8) is 0 Å². The molecule has 2 fully saturated rings. The highest BCUT2D eigenvalue weighted by molar-refractivity contribution is 5.96. The molecule has 4 atom stereocenters. The fraction of sp³-hybridized carbons (Fsp3) is 0.750. The average Bonchev–Trinajstić information content (AvgIpc) is 2.89. The van der Waals surface area contributed by atoms with E-state index in [1.54, 1.807) is 0 Å². The first-order chi connectivity index (χ1) is 8.47. The molecule has 0 unspecified atom stereocenters. The highest BCUT2D eigenvalue weighted by Gasteiger charge is 2.44. The topological polar surface area (TPSA) is 98.5 Å². The molecule has 0 radical (unpaired) electrons. The molecule has 3 amide bonds. The summed E-state index contributed by atoms with van der Waals surface area (Å²) >= 11 is 0. The van der Waals surface area contributed by atoms with Crippen molar-refractivity contribution in [1.29, 1.82) is 0 Å². The van der Waals surface area contributed by atoms with E-state index >= 15 is 0 Å². The minimum Gasteiger partial charge on any atom is -0.452 e. The molecule has 18 heavy (non-hydrogen) atoms. The van der Waals surface area contributed by atoms with Crippen LogP contribution in [0.25, 0.3) is 0 Å². The molecule has 2 aliphatic carbocycles. The standard InChI is InChI=1S/C12H18N2O4/c1-6(10(15)14-12(13)17)18-11(16)9-5-7-2-3-8(9)4-7/h6-9H,2-5H2,1H3,(H3,13,14,15,17)/t6-,7+,8+,9+/m1/s1. The SMILES string of the molecule is C[C@@H](OC(=O)[C@H]1C[C@H]2CC[C@H]1C2)C(=O)NC(N)=O. The number of rotatable bonds is 3. The average molecular weight is 254 g/mol. The van der Waals surface area contributed by atoms with Crippen molar-refractivity contribution in [3.05, 3.63) is 0 Å². The van der Waals surface area contributed by atoms with Crippen LogP contribution in [0.1, 0.15) is 32.6 Å². The number of urea groups is 1. The molecule has 0 heterocycles. The highest BCUT2D eigenvalue weighted by Crippen LogP contribution is 2.48. The molecule has 2 bridgehead atoms. The van der Waals surface area contributed by atoms with Gasteiger partial charge in [-0.15, -0.1) is 0 Å². The van der Waals surface area contributed by atoms with Crippen LogP contribution in [-0.2, 0) is 14.3 Å². The number of nitrogens with one attached hydrogen (secondary N) is 1. The van der Waals surface area contributed by atoms with E-state index in [9.17, 15) is 14.4 Å². The second-order valence-electron chi connectivity index (χ2n) is 5.21. The van der Waals surface area contributed by atoms with Crippen LogP contribution in [0, 0.1) is 17.8 Å². The number of nitrogens with two attached hydrogens (primary N) is 1. The normalized spacial score (nSPS) is 30.8. The lowest BCUT2D eigenvalue weighted by atomic mass is 9.89. The lowest BCUT2D eigenvalue weighted by molar-refractivity contribution is -0.160.